The molecule has 3 rings (SSSR count). The second kappa shape index (κ2) is 7.14. The predicted molar refractivity (Wildman–Crippen MR) is 93.8 cm³/mol. The number of carbonyl (C=O) groups excluding carboxylic acids is 1. The van der Waals surface area contributed by atoms with Gasteiger partial charge < -0.3 is 9.88 Å². The van der Waals surface area contributed by atoms with Crippen molar-refractivity contribution in [1.82, 2.24) is 9.55 Å². The second-order valence-corrected chi connectivity index (χ2v) is 5.75. The van der Waals surface area contributed by atoms with E-state index in [-0.39, 0.29) is 17.3 Å². The number of nitro groups is 1. The van der Waals surface area contributed by atoms with E-state index in [0.717, 1.165) is 5.56 Å². The normalized spacial score (nSPS) is 10.4. The molecular weight excluding hydrogens is 344 g/mol. The molecule has 0 atom stereocenters. The monoisotopic (exact) mass is 356 g/mol. The van der Waals surface area contributed by atoms with Crippen molar-refractivity contribution in [2.24, 2.45) is 0 Å². The van der Waals surface area contributed by atoms with Gasteiger partial charge in [0.1, 0.15) is 5.69 Å². The minimum Gasteiger partial charge on any atom is -0.332 e. The number of nitro benzene ring substituents is 1. The van der Waals surface area contributed by atoms with E-state index in [9.17, 15) is 14.9 Å². The number of carbonyl (C=O) groups is 1. The number of anilines is 1. The fourth-order valence-corrected chi connectivity index (χ4v) is 2.35. The summed E-state index contributed by atoms with van der Waals surface area (Å²) in [5.74, 6) is -0.329. The highest BCUT2D eigenvalue weighted by atomic mass is 35.5. The lowest BCUT2D eigenvalue weighted by Crippen LogP contribution is -2.12. The first-order valence-electron chi connectivity index (χ1n) is 7.33. The van der Waals surface area contributed by atoms with Gasteiger partial charge in [0.15, 0.2) is 0 Å². The van der Waals surface area contributed by atoms with Gasteiger partial charge in [0.25, 0.3) is 11.6 Å². The summed E-state index contributed by atoms with van der Waals surface area (Å²) in [5, 5.41) is 14.0. The molecule has 2 aromatic carbocycles. The average molecular weight is 357 g/mol. The molecule has 0 saturated heterocycles. The van der Waals surface area contributed by atoms with Crippen LogP contribution in [0.25, 0.3) is 0 Å². The molecular formula is C17H13ClN4O3. The third-order valence-corrected chi connectivity index (χ3v) is 3.73. The first-order chi connectivity index (χ1) is 12.0. The molecule has 0 radical (unpaired) electrons. The summed E-state index contributed by atoms with van der Waals surface area (Å²) < 4.78 is 1.73. The fourth-order valence-electron chi connectivity index (χ4n) is 2.23. The molecule has 0 unspecified atom stereocenters. The van der Waals surface area contributed by atoms with Gasteiger partial charge in [-0.1, -0.05) is 23.7 Å². The van der Waals surface area contributed by atoms with E-state index in [1.54, 1.807) is 47.2 Å². The smallest absolute Gasteiger partial charge is 0.275 e. The highest BCUT2D eigenvalue weighted by Crippen LogP contribution is 2.15. The highest BCUT2D eigenvalue weighted by molar-refractivity contribution is 6.30. The van der Waals surface area contributed by atoms with Crippen molar-refractivity contribution in [3.05, 3.63) is 87.4 Å². The molecule has 1 heterocycles. The van der Waals surface area contributed by atoms with Crippen molar-refractivity contribution in [3.63, 3.8) is 0 Å². The zero-order valence-electron chi connectivity index (χ0n) is 12.9. The summed E-state index contributed by atoms with van der Waals surface area (Å²) in [5.41, 5.74) is 1.81. The summed E-state index contributed by atoms with van der Waals surface area (Å²) in [6, 6.07) is 13.0. The maximum absolute atomic E-state index is 12.2. The maximum atomic E-state index is 12.2. The standard InChI is InChI=1S/C17H13ClN4O3/c18-13-3-5-14(6-4-13)20-17(23)16-10-21(11-19-16)9-12-1-7-15(8-2-12)22(24)25/h1-8,10-11H,9H2,(H,20,23). The zero-order chi connectivity index (χ0) is 17.8. The van der Waals surface area contributed by atoms with Crippen molar-refractivity contribution in [3.8, 4) is 0 Å². The Morgan fingerprint density at radius 3 is 2.48 bits per heavy atom. The molecule has 0 aliphatic carbocycles. The van der Waals surface area contributed by atoms with E-state index >= 15 is 0 Å². The lowest BCUT2D eigenvalue weighted by atomic mass is 10.2. The molecule has 0 saturated carbocycles. The molecule has 8 heteroatoms. The van der Waals surface area contributed by atoms with Crippen LogP contribution < -0.4 is 5.32 Å². The number of nitrogens with one attached hydrogen (secondary N) is 1. The Labute approximate surface area is 148 Å². The zero-order valence-corrected chi connectivity index (χ0v) is 13.7. The van der Waals surface area contributed by atoms with Crippen LogP contribution in [0.4, 0.5) is 11.4 Å². The van der Waals surface area contributed by atoms with Crippen molar-refractivity contribution in [2.75, 3.05) is 5.32 Å². The maximum Gasteiger partial charge on any atom is 0.275 e. The van der Waals surface area contributed by atoms with Crippen LogP contribution in [0, 0.1) is 10.1 Å². The number of benzene rings is 2. The molecule has 7 nitrogen and oxygen atoms in total. The van der Waals surface area contributed by atoms with Gasteiger partial charge in [-0.3, -0.25) is 14.9 Å². The summed E-state index contributed by atoms with van der Waals surface area (Å²) in [4.78, 5) is 26.5. The number of non-ortho nitro benzene ring substituents is 1. The largest absolute Gasteiger partial charge is 0.332 e. The van der Waals surface area contributed by atoms with Gasteiger partial charge >= 0.3 is 0 Å². The first-order valence-corrected chi connectivity index (χ1v) is 7.71. The molecule has 1 N–H and O–H groups in total. The predicted octanol–water partition coefficient (Wildman–Crippen LogP) is 3.75. The Kier molecular flexibility index (Phi) is 4.76. The van der Waals surface area contributed by atoms with Crippen LogP contribution in [0.3, 0.4) is 0 Å². The van der Waals surface area contributed by atoms with Crippen LogP contribution in [-0.2, 0) is 6.54 Å². The number of hydrogen-bond donors (Lipinski definition) is 1. The van der Waals surface area contributed by atoms with Crippen LogP contribution in [0.2, 0.25) is 5.02 Å². The molecule has 1 aromatic heterocycles. The molecule has 0 spiro atoms. The van der Waals surface area contributed by atoms with Gasteiger partial charge in [0.05, 0.1) is 11.3 Å². The van der Waals surface area contributed by atoms with Gasteiger partial charge in [-0.25, -0.2) is 4.98 Å². The van der Waals surface area contributed by atoms with E-state index in [2.05, 4.69) is 10.3 Å². The molecule has 0 fully saturated rings. The SMILES string of the molecule is O=C(Nc1ccc(Cl)cc1)c1cn(Cc2ccc([N+](=O)[O-])cc2)cn1. The fraction of sp³-hybridized carbons (Fsp3) is 0.0588. The lowest BCUT2D eigenvalue weighted by molar-refractivity contribution is -0.384. The molecule has 0 aliphatic heterocycles. The number of hydrogen-bond acceptors (Lipinski definition) is 4. The third kappa shape index (κ3) is 4.21. The van der Waals surface area contributed by atoms with Gasteiger partial charge in [0.2, 0.25) is 0 Å². The molecule has 0 aliphatic rings. The Morgan fingerprint density at radius 2 is 1.84 bits per heavy atom. The number of halogens is 1. The summed E-state index contributed by atoms with van der Waals surface area (Å²) >= 11 is 5.81. The molecule has 3 aromatic rings. The summed E-state index contributed by atoms with van der Waals surface area (Å²) in [7, 11) is 0. The van der Waals surface area contributed by atoms with Crippen LogP contribution in [-0.4, -0.2) is 20.4 Å². The van der Waals surface area contributed by atoms with Gasteiger partial charge in [0, 0.05) is 35.6 Å². The minimum atomic E-state index is -0.444. The minimum absolute atomic E-state index is 0.0393. The lowest BCUT2D eigenvalue weighted by Gasteiger charge is -2.03. The topological polar surface area (TPSA) is 90.1 Å². The Bertz CT molecular complexity index is 904. The molecule has 0 bridgehead atoms. The van der Waals surface area contributed by atoms with E-state index in [0.29, 0.717) is 17.3 Å². The molecule has 1 amide bonds. The summed E-state index contributed by atoms with van der Waals surface area (Å²) in [6.45, 7) is 0.458. The number of amides is 1. The van der Waals surface area contributed by atoms with Crippen LogP contribution in [0.15, 0.2) is 61.1 Å². The van der Waals surface area contributed by atoms with E-state index in [1.807, 2.05) is 0 Å². The van der Waals surface area contributed by atoms with Crippen LogP contribution >= 0.6 is 11.6 Å². The molecule has 25 heavy (non-hydrogen) atoms. The summed E-state index contributed by atoms with van der Waals surface area (Å²) in [6.07, 6.45) is 3.16. The van der Waals surface area contributed by atoms with Gasteiger partial charge in [-0.05, 0) is 29.8 Å². The molecule has 126 valence electrons. The van der Waals surface area contributed by atoms with E-state index in [4.69, 9.17) is 11.6 Å². The van der Waals surface area contributed by atoms with Crippen molar-refractivity contribution in [2.45, 2.75) is 6.54 Å². The Morgan fingerprint density at radius 1 is 1.16 bits per heavy atom. The van der Waals surface area contributed by atoms with Gasteiger partial charge in [-0.2, -0.15) is 0 Å². The third-order valence-electron chi connectivity index (χ3n) is 3.48. The average Bonchev–Trinajstić information content (AvgIpc) is 3.06. The van der Waals surface area contributed by atoms with E-state index < -0.39 is 4.92 Å². The first kappa shape index (κ1) is 16.7. The van der Waals surface area contributed by atoms with Crippen molar-refractivity contribution in [1.29, 1.82) is 0 Å². The van der Waals surface area contributed by atoms with Crippen molar-refractivity contribution >= 4 is 28.9 Å². The van der Waals surface area contributed by atoms with E-state index in [1.165, 1.54) is 18.5 Å². The number of nitrogens with zero attached hydrogens (tertiary/aromatic N) is 3. The number of rotatable bonds is 5. The van der Waals surface area contributed by atoms with Crippen LogP contribution in [0.5, 0.6) is 0 Å². The Hall–Kier alpha value is -3.19. The highest BCUT2D eigenvalue weighted by Gasteiger charge is 2.10. The second-order valence-electron chi connectivity index (χ2n) is 5.32. The van der Waals surface area contributed by atoms with Crippen LogP contribution in [0.1, 0.15) is 16.1 Å². The van der Waals surface area contributed by atoms with Crippen molar-refractivity contribution < 1.29 is 9.72 Å². The van der Waals surface area contributed by atoms with Gasteiger partial charge in [-0.15, -0.1) is 0 Å². The quantitative estimate of drug-likeness (QED) is 0.557. The number of imidazole rings is 1. The Balaban J connectivity index is 1.66. The number of aromatic nitrogens is 2.